The molecule has 2 aromatic carbocycles. The maximum Gasteiger partial charge on any atom is 0.262 e. The Morgan fingerprint density at radius 2 is 1.90 bits per heavy atom. The molecule has 1 aromatic heterocycles. The van der Waals surface area contributed by atoms with Crippen LogP contribution in [-0.2, 0) is 17.9 Å². The van der Waals surface area contributed by atoms with Gasteiger partial charge in [-0.3, -0.25) is 19.1 Å². The number of nitrogens with one attached hydrogen (secondary N) is 2. The van der Waals surface area contributed by atoms with Crippen LogP contribution in [0.25, 0.3) is 10.9 Å². The first-order valence-corrected chi connectivity index (χ1v) is 10.3. The summed E-state index contributed by atoms with van der Waals surface area (Å²) in [5.74, 6) is -0.153. The number of H-pyrrole nitrogens is 1. The minimum absolute atomic E-state index is 0.153. The summed E-state index contributed by atoms with van der Waals surface area (Å²) < 4.78 is 1.76. The third kappa shape index (κ3) is 5.19. The minimum atomic E-state index is -0.182. The summed E-state index contributed by atoms with van der Waals surface area (Å²) in [4.78, 5) is 30.5. The van der Waals surface area contributed by atoms with Crippen LogP contribution in [0, 0.1) is 4.77 Å². The molecule has 1 amide bonds. The van der Waals surface area contributed by atoms with E-state index in [9.17, 15) is 9.59 Å². The van der Waals surface area contributed by atoms with Crippen LogP contribution in [0.2, 0.25) is 0 Å². The average molecular weight is 411 g/mol. The summed E-state index contributed by atoms with van der Waals surface area (Å²) in [7, 11) is 0. The van der Waals surface area contributed by atoms with Crippen LogP contribution in [0.1, 0.15) is 25.8 Å². The fourth-order valence-electron chi connectivity index (χ4n) is 3.29. The molecule has 0 atom stereocenters. The number of hydrogen-bond acceptors (Lipinski definition) is 4. The summed E-state index contributed by atoms with van der Waals surface area (Å²) in [6.45, 7) is 7.30. The van der Waals surface area contributed by atoms with Crippen LogP contribution in [-0.4, -0.2) is 33.4 Å². The lowest BCUT2D eigenvalue weighted by atomic mass is 10.2. The van der Waals surface area contributed by atoms with Crippen molar-refractivity contribution >= 4 is 34.7 Å². The molecule has 0 unspecified atom stereocenters. The van der Waals surface area contributed by atoms with Crippen molar-refractivity contribution < 1.29 is 4.79 Å². The first-order valence-electron chi connectivity index (χ1n) is 9.84. The second kappa shape index (κ2) is 9.62. The van der Waals surface area contributed by atoms with Gasteiger partial charge in [-0.1, -0.05) is 38.1 Å². The van der Waals surface area contributed by atoms with Crippen molar-refractivity contribution in [2.75, 3.05) is 18.4 Å². The molecule has 0 saturated heterocycles. The number of carbonyl (C=O) groups is 1. The lowest BCUT2D eigenvalue weighted by molar-refractivity contribution is -0.116. The van der Waals surface area contributed by atoms with Crippen molar-refractivity contribution in [3.63, 3.8) is 0 Å². The van der Waals surface area contributed by atoms with Crippen molar-refractivity contribution in [2.45, 2.75) is 33.4 Å². The standard InChI is InChI=1S/C22H26N4O2S/c1-3-25(4-2)15-16-8-7-9-17(14-16)23-20(27)12-13-26-21(28)18-10-5-6-11-19(18)24-22(26)29/h5-11,14H,3-4,12-13,15H2,1-2H3,(H,23,27)(H,24,29). The van der Waals surface area contributed by atoms with Gasteiger partial charge in [-0.2, -0.15) is 0 Å². The number of fused-ring (bicyclic) bond motifs is 1. The summed E-state index contributed by atoms with van der Waals surface area (Å²) >= 11 is 5.30. The van der Waals surface area contributed by atoms with Crippen LogP contribution in [0.5, 0.6) is 0 Å². The molecule has 0 saturated carbocycles. The number of amides is 1. The number of anilines is 1. The van der Waals surface area contributed by atoms with E-state index < -0.39 is 0 Å². The molecule has 3 aromatic rings. The Morgan fingerprint density at radius 3 is 2.66 bits per heavy atom. The summed E-state index contributed by atoms with van der Waals surface area (Å²) in [6, 6.07) is 15.1. The highest BCUT2D eigenvalue weighted by atomic mass is 32.1. The van der Waals surface area contributed by atoms with Crippen LogP contribution in [0.15, 0.2) is 53.3 Å². The quantitative estimate of drug-likeness (QED) is 0.552. The van der Waals surface area contributed by atoms with Gasteiger partial charge < -0.3 is 10.3 Å². The van der Waals surface area contributed by atoms with Gasteiger partial charge in [0.25, 0.3) is 5.56 Å². The minimum Gasteiger partial charge on any atom is -0.332 e. The Morgan fingerprint density at radius 1 is 1.14 bits per heavy atom. The first kappa shape index (κ1) is 21.0. The van der Waals surface area contributed by atoms with E-state index in [1.54, 1.807) is 6.07 Å². The maximum atomic E-state index is 12.7. The molecule has 7 heteroatoms. The molecule has 0 aliphatic rings. The first-order chi connectivity index (χ1) is 14.0. The third-order valence-corrected chi connectivity index (χ3v) is 5.29. The van der Waals surface area contributed by atoms with Gasteiger partial charge in [0, 0.05) is 25.2 Å². The molecule has 6 nitrogen and oxygen atoms in total. The number of rotatable bonds is 8. The smallest absolute Gasteiger partial charge is 0.262 e. The normalized spacial score (nSPS) is 11.1. The highest BCUT2D eigenvalue weighted by molar-refractivity contribution is 7.71. The molecule has 3 rings (SSSR count). The molecular formula is C22H26N4O2S. The fourth-order valence-corrected chi connectivity index (χ4v) is 3.58. The second-order valence-corrected chi connectivity index (χ2v) is 7.28. The third-order valence-electron chi connectivity index (χ3n) is 4.96. The van der Waals surface area contributed by atoms with Gasteiger partial charge in [0.1, 0.15) is 0 Å². The molecule has 2 N–H and O–H groups in total. The maximum absolute atomic E-state index is 12.7. The number of nitrogens with zero attached hydrogens (tertiary/aromatic N) is 2. The van der Waals surface area contributed by atoms with Crippen LogP contribution < -0.4 is 10.9 Å². The highest BCUT2D eigenvalue weighted by Gasteiger charge is 2.09. The monoisotopic (exact) mass is 410 g/mol. The zero-order chi connectivity index (χ0) is 20.8. The van der Waals surface area contributed by atoms with E-state index in [1.807, 2.05) is 36.4 Å². The van der Waals surface area contributed by atoms with E-state index in [0.717, 1.165) is 30.9 Å². The van der Waals surface area contributed by atoms with E-state index in [1.165, 1.54) is 4.57 Å². The summed E-state index contributed by atoms with van der Waals surface area (Å²) in [5.41, 5.74) is 2.43. The van der Waals surface area contributed by atoms with Crippen LogP contribution in [0.3, 0.4) is 0 Å². The van der Waals surface area contributed by atoms with Gasteiger partial charge >= 0.3 is 0 Å². The Balaban J connectivity index is 1.67. The molecule has 0 bridgehead atoms. The van der Waals surface area contributed by atoms with Gasteiger partial charge in [-0.25, -0.2) is 0 Å². The van der Waals surface area contributed by atoms with Gasteiger partial charge in [-0.05, 0) is 55.1 Å². The number of benzene rings is 2. The van der Waals surface area contributed by atoms with Crippen LogP contribution >= 0.6 is 12.2 Å². The van der Waals surface area contributed by atoms with Crippen molar-refractivity contribution in [2.24, 2.45) is 0 Å². The topological polar surface area (TPSA) is 70.1 Å². The zero-order valence-corrected chi connectivity index (χ0v) is 17.6. The number of carbonyl (C=O) groups excluding carboxylic acids is 1. The lowest BCUT2D eigenvalue weighted by Gasteiger charge is -2.18. The lowest BCUT2D eigenvalue weighted by Crippen LogP contribution is -2.25. The number of aromatic amines is 1. The molecule has 29 heavy (non-hydrogen) atoms. The van der Waals surface area contributed by atoms with Crippen molar-refractivity contribution in [1.29, 1.82) is 0 Å². The molecule has 0 aliphatic carbocycles. The molecule has 0 fully saturated rings. The zero-order valence-electron chi connectivity index (χ0n) is 16.8. The number of hydrogen-bond donors (Lipinski definition) is 2. The van der Waals surface area contributed by atoms with Crippen LogP contribution in [0.4, 0.5) is 5.69 Å². The molecular weight excluding hydrogens is 384 g/mol. The largest absolute Gasteiger partial charge is 0.332 e. The van der Waals surface area contributed by atoms with Crippen molar-refractivity contribution in [3.8, 4) is 0 Å². The van der Waals surface area contributed by atoms with Crippen molar-refractivity contribution in [3.05, 3.63) is 69.2 Å². The average Bonchev–Trinajstić information content (AvgIpc) is 2.72. The molecule has 0 spiro atoms. The predicted molar refractivity (Wildman–Crippen MR) is 120 cm³/mol. The molecule has 152 valence electrons. The van der Waals surface area contributed by atoms with Gasteiger partial charge in [-0.15, -0.1) is 0 Å². The Hall–Kier alpha value is -2.77. The Kier molecular flexibility index (Phi) is 6.95. The summed E-state index contributed by atoms with van der Waals surface area (Å²) in [6.07, 6.45) is 0.163. The van der Waals surface area contributed by atoms with E-state index in [4.69, 9.17) is 12.2 Å². The fraction of sp³-hybridized carbons (Fsp3) is 0.318. The van der Waals surface area contributed by atoms with Gasteiger partial charge in [0.05, 0.1) is 10.9 Å². The highest BCUT2D eigenvalue weighted by Crippen LogP contribution is 2.13. The molecule has 0 radical (unpaired) electrons. The van der Waals surface area contributed by atoms with Crippen molar-refractivity contribution in [1.82, 2.24) is 14.5 Å². The van der Waals surface area contributed by atoms with E-state index in [0.29, 0.717) is 15.7 Å². The predicted octanol–water partition coefficient (Wildman–Crippen LogP) is 3.93. The second-order valence-electron chi connectivity index (χ2n) is 6.89. The SMILES string of the molecule is CCN(CC)Cc1cccc(NC(=O)CCn2c(=S)[nH]c3ccccc3c2=O)c1. The summed E-state index contributed by atoms with van der Waals surface area (Å²) in [5, 5.41) is 3.48. The van der Waals surface area contributed by atoms with E-state index in [-0.39, 0.29) is 24.4 Å². The Bertz CT molecular complexity index is 1120. The van der Waals surface area contributed by atoms with E-state index >= 15 is 0 Å². The Labute approximate surface area is 175 Å². The number of para-hydroxylation sites is 1. The number of aromatic nitrogens is 2. The molecule has 1 heterocycles. The van der Waals surface area contributed by atoms with Gasteiger partial charge in [0.2, 0.25) is 5.91 Å². The van der Waals surface area contributed by atoms with Gasteiger partial charge in [0.15, 0.2) is 4.77 Å². The van der Waals surface area contributed by atoms with E-state index in [2.05, 4.69) is 35.1 Å². The molecule has 0 aliphatic heterocycles.